The smallest absolute Gasteiger partial charge is 0.375 e. The monoisotopic (exact) mass is 252 g/mol. The average Bonchev–Trinajstić information content (AvgIpc) is 2.25. The zero-order valence-corrected chi connectivity index (χ0v) is 12.5. The van der Waals surface area contributed by atoms with Crippen LogP contribution in [0.2, 0.25) is 0 Å². The summed E-state index contributed by atoms with van der Waals surface area (Å²) in [6.45, 7) is 7.35. The van der Waals surface area contributed by atoms with E-state index in [4.69, 9.17) is 22.8 Å². The van der Waals surface area contributed by atoms with Crippen molar-refractivity contribution in [2.75, 3.05) is 28.4 Å². The van der Waals surface area contributed by atoms with Gasteiger partial charge in [-0.1, -0.05) is 0 Å². The third-order valence-electron chi connectivity index (χ3n) is 2.66. The highest BCUT2D eigenvalue weighted by Gasteiger charge is 2.58. The second-order valence-electron chi connectivity index (χ2n) is 4.38. The predicted molar refractivity (Wildman–Crippen MR) is 63.0 cm³/mol. The third kappa shape index (κ3) is 3.25. The first-order chi connectivity index (χ1) is 7.20. The standard InChI is InChI=1S/C10H24O5Si/c1-9(2,11-5)15-16(13-7,14-8)10(3,4)12-6/h1-8H3. The third-order valence-corrected chi connectivity index (χ3v) is 6.17. The molecule has 0 unspecified atom stereocenters. The lowest BCUT2D eigenvalue weighted by Crippen LogP contribution is -2.65. The molecule has 0 amide bonds. The minimum absolute atomic E-state index is 0.647. The maximum atomic E-state index is 5.88. The highest BCUT2D eigenvalue weighted by atomic mass is 28.4. The van der Waals surface area contributed by atoms with Gasteiger partial charge in [0.1, 0.15) is 5.22 Å². The quantitative estimate of drug-likeness (QED) is 0.508. The van der Waals surface area contributed by atoms with E-state index in [0.29, 0.717) is 0 Å². The van der Waals surface area contributed by atoms with E-state index >= 15 is 0 Å². The fourth-order valence-corrected chi connectivity index (χ4v) is 3.81. The van der Waals surface area contributed by atoms with E-state index < -0.39 is 19.8 Å². The van der Waals surface area contributed by atoms with Crippen molar-refractivity contribution >= 4 is 8.80 Å². The van der Waals surface area contributed by atoms with Crippen molar-refractivity contribution in [1.29, 1.82) is 0 Å². The van der Waals surface area contributed by atoms with Gasteiger partial charge in [-0.15, -0.1) is 0 Å². The Hall–Kier alpha value is 0.0169. The molecule has 5 nitrogen and oxygen atoms in total. The number of hydrogen-bond acceptors (Lipinski definition) is 5. The molecule has 0 radical (unpaired) electrons. The highest BCUT2D eigenvalue weighted by molar-refractivity contribution is 6.63. The number of methoxy groups -OCH3 is 2. The first-order valence-corrected chi connectivity index (χ1v) is 6.83. The molecule has 0 saturated carbocycles. The van der Waals surface area contributed by atoms with Crippen molar-refractivity contribution in [3.8, 4) is 0 Å². The number of ether oxygens (including phenoxy) is 2. The Labute approximate surface area is 99.3 Å². The maximum Gasteiger partial charge on any atom is 0.535 e. The summed E-state index contributed by atoms with van der Waals surface area (Å²) in [5, 5.41) is -0.647. The Morgan fingerprint density at radius 2 is 1.19 bits per heavy atom. The van der Waals surface area contributed by atoms with E-state index in [-0.39, 0.29) is 0 Å². The Kier molecular flexibility index (Phi) is 5.58. The Balaban J connectivity index is 5.12. The van der Waals surface area contributed by atoms with Gasteiger partial charge in [-0.05, 0) is 27.7 Å². The van der Waals surface area contributed by atoms with Gasteiger partial charge in [-0.25, -0.2) is 0 Å². The van der Waals surface area contributed by atoms with Crippen LogP contribution in [0.4, 0.5) is 0 Å². The lowest BCUT2D eigenvalue weighted by Gasteiger charge is -2.42. The van der Waals surface area contributed by atoms with Crippen LogP contribution in [0.15, 0.2) is 0 Å². The lowest BCUT2D eigenvalue weighted by atomic mass is 10.4. The predicted octanol–water partition coefficient (Wildman–Crippen LogP) is 1.58. The van der Waals surface area contributed by atoms with Gasteiger partial charge in [0.25, 0.3) is 0 Å². The van der Waals surface area contributed by atoms with E-state index in [1.807, 2.05) is 13.8 Å². The molecule has 0 aliphatic rings. The van der Waals surface area contributed by atoms with Crippen LogP contribution in [-0.4, -0.2) is 48.3 Å². The molecule has 0 rings (SSSR count). The molecule has 0 aliphatic carbocycles. The molecule has 16 heavy (non-hydrogen) atoms. The minimum atomic E-state index is -2.97. The van der Waals surface area contributed by atoms with Gasteiger partial charge in [-0.2, -0.15) is 0 Å². The molecule has 0 fully saturated rings. The molecule has 98 valence electrons. The lowest BCUT2D eigenvalue weighted by molar-refractivity contribution is -0.181. The summed E-state index contributed by atoms with van der Waals surface area (Å²) in [5.41, 5.74) is 0. The maximum absolute atomic E-state index is 5.88. The van der Waals surface area contributed by atoms with Crippen molar-refractivity contribution in [1.82, 2.24) is 0 Å². The summed E-state index contributed by atoms with van der Waals surface area (Å²) in [4.78, 5) is 0. The Bertz CT molecular complexity index is 213. The van der Waals surface area contributed by atoms with E-state index in [1.54, 1.807) is 42.3 Å². The number of hydrogen-bond donors (Lipinski definition) is 0. The van der Waals surface area contributed by atoms with Gasteiger partial charge in [0.15, 0.2) is 5.79 Å². The summed E-state index contributed by atoms with van der Waals surface area (Å²) in [6, 6.07) is 0. The van der Waals surface area contributed by atoms with E-state index in [2.05, 4.69) is 0 Å². The van der Waals surface area contributed by atoms with Crippen molar-refractivity contribution in [2.24, 2.45) is 0 Å². The molecule has 0 saturated heterocycles. The molecule has 0 aromatic carbocycles. The van der Waals surface area contributed by atoms with Crippen LogP contribution in [0.5, 0.6) is 0 Å². The summed E-state index contributed by atoms with van der Waals surface area (Å²) in [7, 11) is 3.31. The van der Waals surface area contributed by atoms with E-state index in [9.17, 15) is 0 Å². The topological polar surface area (TPSA) is 46.2 Å². The highest BCUT2D eigenvalue weighted by Crippen LogP contribution is 2.30. The molecule has 0 spiro atoms. The van der Waals surface area contributed by atoms with Gasteiger partial charge in [0, 0.05) is 28.4 Å². The molecule has 0 heterocycles. The van der Waals surface area contributed by atoms with Crippen molar-refractivity contribution in [3.05, 3.63) is 0 Å². The summed E-state index contributed by atoms with van der Waals surface area (Å²) >= 11 is 0. The summed E-state index contributed by atoms with van der Waals surface area (Å²) in [6.07, 6.45) is 0. The molecule has 0 aliphatic heterocycles. The summed E-state index contributed by atoms with van der Waals surface area (Å²) in [5.74, 6) is -0.784. The van der Waals surface area contributed by atoms with E-state index in [0.717, 1.165) is 0 Å². The molecular formula is C10H24O5Si. The second kappa shape index (κ2) is 5.57. The molecule has 0 N–H and O–H groups in total. The van der Waals surface area contributed by atoms with Crippen molar-refractivity contribution in [3.63, 3.8) is 0 Å². The van der Waals surface area contributed by atoms with Gasteiger partial charge in [0.05, 0.1) is 0 Å². The Morgan fingerprint density at radius 1 is 0.750 bits per heavy atom. The van der Waals surface area contributed by atoms with Crippen molar-refractivity contribution < 1.29 is 22.8 Å². The molecular weight excluding hydrogens is 228 g/mol. The van der Waals surface area contributed by atoms with Crippen LogP contribution in [-0.2, 0) is 22.8 Å². The van der Waals surface area contributed by atoms with Gasteiger partial charge < -0.3 is 22.8 Å². The molecule has 0 bridgehead atoms. The number of rotatable bonds is 7. The van der Waals surface area contributed by atoms with Crippen LogP contribution in [0.1, 0.15) is 27.7 Å². The van der Waals surface area contributed by atoms with E-state index in [1.165, 1.54) is 0 Å². The zero-order chi connectivity index (χ0) is 13.0. The van der Waals surface area contributed by atoms with Crippen LogP contribution < -0.4 is 0 Å². The first kappa shape index (κ1) is 16.0. The van der Waals surface area contributed by atoms with Crippen molar-refractivity contribution in [2.45, 2.75) is 38.7 Å². The average molecular weight is 252 g/mol. The fraction of sp³-hybridized carbons (Fsp3) is 1.00. The van der Waals surface area contributed by atoms with Crippen LogP contribution in [0.25, 0.3) is 0 Å². The SMILES string of the molecule is COC(C)(C)O[Si](OC)(OC)C(C)(C)OC. The minimum Gasteiger partial charge on any atom is -0.375 e. The van der Waals surface area contributed by atoms with Crippen LogP contribution in [0.3, 0.4) is 0 Å². The second-order valence-corrected chi connectivity index (χ2v) is 7.72. The van der Waals surface area contributed by atoms with Gasteiger partial charge >= 0.3 is 8.80 Å². The molecule has 0 aromatic heterocycles. The van der Waals surface area contributed by atoms with Crippen LogP contribution >= 0.6 is 0 Å². The molecule has 0 aromatic rings. The Morgan fingerprint density at radius 3 is 1.44 bits per heavy atom. The molecule has 0 atom stereocenters. The fourth-order valence-electron chi connectivity index (χ4n) is 1.27. The summed E-state index contributed by atoms with van der Waals surface area (Å²) < 4.78 is 27.5. The zero-order valence-electron chi connectivity index (χ0n) is 11.5. The normalized spacial score (nSPS) is 14.2. The van der Waals surface area contributed by atoms with Gasteiger partial charge in [-0.3, -0.25) is 0 Å². The first-order valence-electron chi connectivity index (χ1n) is 5.11. The van der Waals surface area contributed by atoms with Crippen LogP contribution in [0, 0.1) is 0 Å². The van der Waals surface area contributed by atoms with Gasteiger partial charge in [0.2, 0.25) is 0 Å². The largest absolute Gasteiger partial charge is 0.535 e. The molecule has 6 heteroatoms.